The summed E-state index contributed by atoms with van der Waals surface area (Å²) in [6, 6.07) is 6.32. The summed E-state index contributed by atoms with van der Waals surface area (Å²) in [7, 11) is 5.34. The van der Waals surface area contributed by atoms with Gasteiger partial charge in [0.15, 0.2) is 5.96 Å². The zero-order valence-electron chi connectivity index (χ0n) is 13.7. The Hall–Kier alpha value is -2.22. The molecule has 0 atom stereocenters. The average molecular weight is 443 g/mol. The summed E-state index contributed by atoms with van der Waals surface area (Å²) in [5.74, 6) is 0.986. The number of aromatic nitrogens is 3. The normalized spacial score (nSPS) is 10.7. The Bertz CT molecular complexity index is 751. The predicted molar refractivity (Wildman–Crippen MR) is 99.2 cm³/mol. The molecule has 128 valence electrons. The molecule has 7 nitrogen and oxygen atoms in total. The van der Waals surface area contributed by atoms with Gasteiger partial charge in [0.25, 0.3) is 0 Å². The molecule has 0 aliphatic rings. The predicted octanol–water partition coefficient (Wildman–Crippen LogP) is 1.65. The number of nitriles is 1. The van der Waals surface area contributed by atoms with Gasteiger partial charge in [0.1, 0.15) is 18.0 Å². The highest BCUT2D eigenvalue weighted by atomic mass is 127. The van der Waals surface area contributed by atoms with Gasteiger partial charge < -0.3 is 10.2 Å². The molecule has 0 amide bonds. The van der Waals surface area contributed by atoms with E-state index in [0.29, 0.717) is 23.6 Å². The van der Waals surface area contributed by atoms with Crippen LogP contribution in [0.25, 0.3) is 0 Å². The number of hydrogen-bond acceptors (Lipinski definition) is 4. The molecule has 1 aromatic carbocycles. The van der Waals surface area contributed by atoms with Gasteiger partial charge in [-0.2, -0.15) is 10.4 Å². The third-order valence-corrected chi connectivity index (χ3v) is 3.38. The summed E-state index contributed by atoms with van der Waals surface area (Å²) >= 11 is 0. The number of guanidine groups is 1. The van der Waals surface area contributed by atoms with Gasteiger partial charge in [0.2, 0.25) is 0 Å². The summed E-state index contributed by atoms with van der Waals surface area (Å²) in [6.45, 7) is 0.791. The van der Waals surface area contributed by atoms with Crippen LogP contribution in [0.2, 0.25) is 0 Å². The topological polar surface area (TPSA) is 82.1 Å². The van der Waals surface area contributed by atoms with Crippen molar-refractivity contribution in [3.05, 3.63) is 47.3 Å². The minimum atomic E-state index is -0.414. The lowest BCUT2D eigenvalue weighted by molar-refractivity contribution is 0.447. The maximum Gasteiger partial charge on any atom is 0.194 e. The zero-order valence-corrected chi connectivity index (χ0v) is 16.0. The van der Waals surface area contributed by atoms with Gasteiger partial charge in [-0.3, -0.25) is 9.67 Å². The van der Waals surface area contributed by atoms with E-state index in [1.165, 1.54) is 12.4 Å². The molecule has 0 unspecified atom stereocenters. The van der Waals surface area contributed by atoms with Crippen LogP contribution in [-0.2, 0) is 20.1 Å². The average Bonchev–Trinajstić information content (AvgIpc) is 2.94. The van der Waals surface area contributed by atoms with Gasteiger partial charge in [-0.15, -0.1) is 24.0 Å². The molecule has 2 rings (SSSR count). The molecule has 0 saturated heterocycles. The van der Waals surface area contributed by atoms with Crippen LogP contribution < -0.4 is 5.32 Å². The highest BCUT2D eigenvalue weighted by Crippen LogP contribution is 2.10. The van der Waals surface area contributed by atoms with Gasteiger partial charge in [-0.05, 0) is 12.1 Å². The van der Waals surface area contributed by atoms with Crippen molar-refractivity contribution in [2.75, 3.05) is 14.1 Å². The first-order valence-electron chi connectivity index (χ1n) is 6.98. The van der Waals surface area contributed by atoms with Crippen molar-refractivity contribution in [3.8, 4) is 6.07 Å². The molecule has 0 bridgehead atoms. The van der Waals surface area contributed by atoms with E-state index in [1.807, 2.05) is 25.1 Å². The highest BCUT2D eigenvalue weighted by Gasteiger charge is 2.11. The van der Waals surface area contributed by atoms with E-state index in [2.05, 4.69) is 20.4 Å². The number of halogens is 2. The van der Waals surface area contributed by atoms with Crippen LogP contribution in [0.1, 0.15) is 17.0 Å². The second-order valence-electron chi connectivity index (χ2n) is 4.97. The van der Waals surface area contributed by atoms with Crippen LogP contribution in [0.15, 0.2) is 29.5 Å². The zero-order chi connectivity index (χ0) is 16.8. The lowest BCUT2D eigenvalue weighted by Crippen LogP contribution is -2.38. The number of nitrogens with zero attached hydrogens (tertiary/aromatic N) is 6. The second-order valence-corrected chi connectivity index (χ2v) is 4.97. The molecule has 0 aliphatic carbocycles. The Morgan fingerprint density at radius 1 is 1.50 bits per heavy atom. The van der Waals surface area contributed by atoms with Crippen molar-refractivity contribution in [1.82, 2.24) is 25.0 Å². The van der Waals surface area contributed by atoms with E-state index in [-0.39, 0.29) is 30.5 Å². The number of nitrogens with one attached hydrogen (secondary N) is 1. The van der Waals surface area contributed by atoms with Gasteiger partial charge in [0, 0.05) is 33.3 Å². The van der Waals surface area contributed by atoms with Crippen LogP contribution in [0.4, 0.5) is 4.39 Å². The molecule has 0 radical (unpaired) electrons. The number of rotatable bonds is 4. The maximum atomic E-state index is 13.9. The fourth-order valence-corrected chi connectivity index (χ4v) is 2.07. The molecular formula is C15H19FIN7. The SMILES string of the molecule is CN=C(NCc1ccc(C#N)cc1F)N(C)Cc1ncnn1C.I. The first-order chi connectivity index (χ1) is 11.0. The van der Waals surface area contributed by atoms with Crippen molar-refractivity contribution in [3.63, 3.8) is 0 Å². The third kappa shape index (κ3) is 4.89. The van der Waals surface area contributed by atoms with Crippen molar-refractivity contribution in [2.24, 2.45) is 12.0 Å². The lowest BCUT2D eigenvalue weighted by Gasteiger charge is -2.21. The molecule has 0 saturated carbocycles. The molecule has 2 aromatic rings. The van der Waals surface area contributed by atoms with Crippen LogP contribution in [0.5, 0.6) is 0 Å². The third-order valence-electron chi connectivity index (χ3n) is 3.38. The molecule has 0 spiro atoms. The molecule has 1 N–H and O–H groups in total. The van der Waals surface area contributed by atoms with Crippen molar-refractivity contribution in [1.29, 1.82) is 5.26 Å². The summed E-state index contributed by atoms with van der Waals surface area (Å²) in [5, 5.41) is 15.9. The standard InChI is InChI=1S/C15H18FN7.HI/c1-18-15(22(2)9-14-20-10-21-23(14)3)19-8-12-5-4-11(7-17)6-13(12)16;/h4-6,10H,8-9H2,1-3H3,(H,18,19);1H. The summed E-state index contributed by atoms with van der Waals surface area (Å²) in [5.41, 5.74) is 0.771. The Morgan fingerprint density at radius 2 is 2.25 bits per heavy atom. The second kappa shape index (κ2) is 9.17. The molecule has 24 heavy (non-hydrogen) atoms. The van der Waals surface area contributed by atoms with E-state index in [9.17, 15) is 4.39 Å². The van der Waals surface area contributed by atoms with E-state index in [4.69, 9.17) is 5.26 Å². The minimum Gasteiger partial charge on any atom is -0.352 e. The Balaban J connectivity index is 0.00000288. The summed E-state index contributed by atoms with van der Waals surface area (Å²) in [4.78, 5) is 10.2. The first kappa shape index (κ1) is 19.8. The van der Waals surface area contributed by atoms with Gasteiger partial charge in [0.05, 0.1) is 18.2 Å². The number of aryl methyl sites for hydroxylation is 1. The fourth-order valence-electron chi connectivity index (χ4n) is 2.07. The molecule has 1 heterocycles. The van der Waals surface area contributed by atoms with E-state index < -0.39 is 5.82 Å². The largest absolute Gasteiger partial charge is 0.352 e. The number of benzene rings is 1. The monoisotopic (exact) mass is 443 g/mol. The summed E-state index contributed by atoms with van der Waals surface area (Å²) in [6.07, 6.45) is 1.49. The first-order valence-corrected chi connectivity index (χ1v) is 6.98. The quantitative estimate of drug-likeness (QED) is 0.442. The van der Waals surface area contributed by atoms with Crippen LogP contribution in [0.3, 0.4) is 0 Å². The van der Waals surface area contributed by atoms with Crippen LogP contribution in [-0.4, -0.2) is 39.7 Å². The van der Waals surface area contributed by atoms with E-state index in [0.717, 1.165) is 5.82 Å². The maximum absolute atomic E-state index is 13.9. The smallest absolute Gasteiger partial charge is 0.194 e. The van der Waals surface area contributed by atoms with Gasteiger partial charge in [-0.1, -0.05) is 6.07 Å². The van der Waals surface area contributed by atoms with Crippen LogP contribution >= 0.6 is 24.0 Å². The van der Waals surface area contributed by atoms with Gasteiger partial charge >= 0.3 is 0 Å². The molecular weight excluding hydrogens is 424 g/mol. The Labute approximate surface area is 157 Å². The fraction of sp³-hybridized carbons (Fsp3) is 0.333. The molecule has 9 heteroatoms. The Morgan fingerprint density at radius 3 is 2.79 bits per heavy atom. The van der Waals surface area contributed by atoms with E-state index >= 15 is 0 Å². The lowest BCUT2D eigenvalue weighted by atomic mass is 10.1. The minimum absolute atomic E-state index is 0. The Kier molecular flexibility index (Phi) is 7.57. The molecule has 0 fully saturated rings. The number of hydrogen-bond donors (Lipinski definition) is 1. The van der Waals surface area contributed by atoms with E-state index in [1.54, 1.807) is 23.9 Å². The van der Waals surface area contributed by atoms with Gasteiger partial charge in [-0.25, -0.2) is 9.37 Å². The number of aliphatic imine (C=N–C) groups is 1. The van der Waals surface area contributed by atoms with Crippen molar-refractivity contribution < 1.29 is 4.39 Å². The van der Waals surface area contributed by atoms with Crippen molar-refractivity contribution in [2.45, 2.75) is 13.1 Å². The molecule has 1 aromatic heterocycles. The summed E-state index contributed by atoms with van der Waals surface area (Å²) < 4.78 is 15.6. The molecule has 0 aliphatic heterocycles. The van der Waals surface area contributed by atoms with Crippen LogP contribution in [0, 0.1) is 17.1 Å². The highest BCUT2D eigenvalue weighted by molar-refractivity contribution is 14.0. The van der Waals surface area contributed by atoms with Crippen molar-refractivity contribution >= 4 is 29.9 Å².